The SMILES string of the molecule is CCCCC(O)C/C=C\CCCCCCCC(=O)N=[N+]=[N-]. The molecule has 0 aliphatic carbocycles. The number of aliphatic hydroxyl groups excluding tert-OH is 1. The van der Waals surface area contributed by atoms with Crippen molar-refractivity contribution in [1.82, 2.24) is 0 Å². The summed E-state index contributed by atoms with van der Waals surface area (Å²) in [6.45, 7) is 2.13. The van der Waals surface area contributed by atoms with Crippen LogP contribution >= 0.6 is 0 Å². The molecule has 5 nitrogen and oxygen atoms in total. The lowest BCUT2D eigenvalue weighted by atomic mass is 10.1. The van der Waals surface area contributed by atoms with Crippen molar-refractivity contribution in [2.45, 2.75) is 83.7 Å². The van der Waals surface area contributed by atoms with Crippen LogP contribution in [0.15, 0.2) is 17.3 Å². The van der Waals surface area contributed by atoms with E-state index in [2.05, 4.69) is 29.1 Å². The Bertz CT molecular complexity index is 336. The van der Waals surface area contributed by atoms with Crippen LogP contribution in [-0.4, -0.2) is 17.1 Å². The van der Waals surface area contributed by atoms with Gasteiger partial charge in [-0.3, -0.25) is 4.79 Å². The number of hydrogen-bond donors (Lipinski definition) is 1. The highest BCUT2D eigenvalue weighted by molar-refractivity contribution is 5.76. The Kier molecular flexibility index (Phi) is 14.1. The number of allylic oxidation sites excluding steroid dienone is 1. The smallest absolute Gasteiger partial charge is 0.218 e. The number of carbonyl (C=O) groups is 1. The van der Waals surface area contributed by atoms with Crippen molar-refractivity contribution in [3.63, 3.8) is 0 Å². The molecule has 0 aromatic rings. The molecule has 0 aliphatic rings. The second kappa shape index (κ2) is 15.1. The van der Waals surface area contributed by atoms with E-state index in [9.17, 15) is 9.90 Å². The van der Waals surface area contributed by atoms with E-state index in [1.807, 2.05) is 0 Å². The minimum Gasteiger partial charge on any atom is -0.393 e. The van der Waals surface area contributed by atoms with Crippen LogP contribution in [0, 0.1) is 0 Å². The second-order valence-electron chi connectivity index (χ2n) is 5.39. The first kappa shape index (κ1) is 19.7. The van der Waals surface area contributed by atoms with Crippen LogP contribution in [0.5, 0.6) is 0 Å². The number of carbonyl (C=O) groups excluding carboxylic acids is 1. The van der Waals surface area contributed by atoms with Gasteiger partial charge in [0.1, 0.15) is 0 Å². The van der Waals surface area contributed by atoms with Gasteiger partial charge in [0.2, 0.25) is 5.91 Å². The zero-order valence-electron chi connectivity index (χ0n) is 13.2. The zero-order chi connectivity index (χ0) is 15.8. The topological polar surface area (TPSA) is 86.1 Å². The lowest BCUT2D eigenvalue weighted by molar-refractivity contribution is -0.118. The molecule has 21 heavy (non-hydrogen) atoms. The standard InChI is InChI=1S/C16H29N3O2/c1-2-3-12-15(20)13-10-8-6-4-5-7-9-11-14-16(21)18-19-17/h8,10,15,20H,2-7,9,11-14H2,1H3/b10-8-. The van der Waals surface area contributed by atoms with Gasteiger partial charge in [-0.2, -0.15) is 0 Å². The van der Waals surface area contributed by atoms with Crippen molar-refractivity contribution < 1.29 is 9.90 Å². The summed E-state index contributed by atoms with van der Waals surface area (Å²) >= 11 is 0. The molecule has 5 heteroatoms. The van der Waals surface area contributed by atoms with Crippen LogP contribution in [0.4, 0.5) is 0 Å². The quantitative estimate of drug-likeness (QED) is 0.169. The number of rotatable bonds is 13. The maximum atomic E-state index is 10.9. The van der Waals surface area contributed by atoms with Gasteiger partial charge < -0.3 is 5.11 Å². The van der Waals surface area contributed by atoms with E-state index < -0.39 is 0 Å². The molecule has 120 valence electrons. The fourth-order valence-electron chi connectivity index (χ4n) is 2.10. The molecule has 0 aliphatic heterocycles. The lowest BCUT2D eigenvalue weighted by Gasteiger charge is -2.05. The summed E-state index contributed by atoms with van der Waals surface area (Å²) in [5, 5.41) is 12.7. The summed E-state index contributed by atoms with van der Waals surface area (Å²) in [6, 6.07) is 0. The van der Waals surface area contributed by atoms with Crippen LogP contribution in [0.1, 0.15) is 77.6 Å². The first-order valence-electron chi connectivity index (χ1n) is 8.11. The van der Waals surface area contributed by atoms with E-state index in [0.29, 0.717) is 6.42 Å². The molecule has 1 N–H and O–H groups in total. The Morgan fingerprint density at radius 3 is 2.62 bits per heavy atom. The monoisotopic (exact) mass is 295 g/mol. The third-order valence-electron chi connectivity index (χ3n) is 3.38. The van der Waals surface area contributed by atoms with E-state index in [1.54, 1.807) is 0 Å². The van der Waals surface area contributed by atoms with E-state index in [1.165, 1.54) is 0 Å². The van der Waals surface area contributed by atoms with Crippen LogP contribution in [0.2, 0.25) is 0 Å². The van der Waals surface area contributed by atoms with Crippen LogP contribution < -0.4 is 0 Å². The summed E-state index contributed by atoms with van der Waals surface area (Å²) in [4.78, 5) is 13.4. The molecule has 0 aromatic heterocycles. The molecule has 0 fully saturated rings. The molecule has 0 saturated heterocycles. The maximum absolute atomic E-state index is 10.9. The third kappa shape index (κ3) is 14.9. The Balaban J connectivity index is 3.32. The highest BCUT2D eigenvalue weighted by Crippen LogP contribution is 2.09. The summed E-state index contributed by atoms with van der Waals surface area (Å²) < 4.78 is 0. The number of nitrogens with zero attached hydrogens (tertiary/aromatic N) is 3. The first-order valence-corrected chi connectivity index (χ1v) is 8.11. The van der Waals surface area contributed by atoms with Gasteiger partial charge in [0.25, 0.3) is 0 Å². The van der Waals surface area contributed by atoms with Gasteiger partial charge in [-0.05, 0) is 42.7 Å². The Labute approximate surface area is 128 Å². The van der Waals surface area contributed by atoms with E-state index >= 15 is 0 Å². The summed E-state index contributed by atoms with van der Waals surface area (Å²) in [5.41, 5.74) is 8.07. The van der Waals surface area contributed by atoms with Gasteiger partial charge in [-0.25, -0.2) is 0 Å². The van der Waals surface area contributed by atoms with Crippen molar-refractivity contribution in [1.29, 1.82) is 0 Å². The molecule has 0 saturated carbocycles. The summed E-state index contributed by atoms with van der Waals surface area (Å²) in [7, 11) is 0. The number of unbranched alkanes of at least 4 members (excludes halogenated alkanes) is 6. The molecule has 1 unspecified atom stereocenters. The average Bonchev–Trinajstić information content (AvgIpc) is 2.47. The van der Waals surface area contributed by atoms with Gasteiger partial charge in [0, 0.05) is 11.3 Å². The van der Waals surface area contributed by atoms with Crippen LogP contribution in [0.3, 0.4) is 0 Å². The summed E-state index contributed by atoms with van der Waals surface area (Å²) in [5.74, 6) is -0.359. The van der Waals surface area contributed by atoms with Gasteiger partial charge in [0.15, 0.2) is 0 Å². The minimum absolute atomic E-state index is 0.185. The molecule has 1 atom stereocenters. The minimum atomic E-state index is -0.359. The number of hydrogen-bond acceptors (Lipinski definition) is 2. The Morgan fingerprint density at radius 2 is 1.90 bits per heavy atom. The fourth-order valence-corrected chi connectivity index (χ4v) is 2.10. The van der Waals surface area contributed by atoms with Crippen molar-refractivity contribution in [3.8, 4) is 0 Å². The number of azide groups is 1. The average molecular weight is 295 g/mol. The van der Waals surface area contributed by atoms with Gasteiger partial charge in [0.05, 0.1) is 6.10 Å². The molecule has 0 spiro atoms. The molecule has 0 rings (SSSR count). The second-order valence-corrected chi connectivity index (χ2v) is 5.39. The van der Waals surface area contributed by atoms with Crippen LogP contribution in [-0.2, 0) is 4.79 Å². The third-order valence-corrected chi connectivity index (χ3v) is 3.38. The van der Waals surface area contributed by atoms with Gasteiger partial charge in [-0.15, -0.1) is 0 Å². The maximum Gasteiger partial charge on any atom is 0.218 e. The molecular formula is C16H29N3O2. The van der Waals surface area contributed by atoms with Crippen LogP contribution in [0.25, 0.3) is 10.4 Å². The van der Waals surface area contributed by atoms with Crippen molar-refractivity contribution in [2.24, 2.45) is 5.11 Å². The highest BCUT2D eigenvalue weighted by Gasteiger charge is 1.99. The summed E-state index contributed by atoms with van der Waals surface area (Å²) in [6.07, 6.45) is 14.6. The predicted octanol–water partition coefficient (Wildman–Crippen LogP) is 5.05. The molecule has 0 bridgehead atoms. The highest BCUT2D eigenvalue weighted by atomic mass is 16.3. The van der Waals surface area contributed by atoms with Crippen molar-refractivity contribution in [2.75, 3.05) is 0 Å². The van der Waals surface area contributed by atoms with Crippen molar-refractivity contribution >= 4 is 5.91 Å². The van der Waals surface area contributed by atoms with Gasteiger partial charge >= 0.3 is 0 Å². The van der Waals surface area contributed by atoms with E-state index in [-0.39, 0.29) is 12.0 Å². The molecule has 0 heterocycles. The fraction of sp³-hybridized carbons (Fsp3) is 0.812. The lowest BCUT2D eigenvalue weighted by Crippen LogP contribution is -2.03. The molecule has 0 aromatic carbocycles. The molecule has 1 amide bonds. The van der Waals surface area contributed by atoms with Crippen molar-refractivity contribution in [3.05, 3.63) is 22.6 Å². The largest absolute Gasteiger partial charge is 0.393 e. The first-order chi connectivity index (χ1) is 10.2. The normalized spacial score (nSPS) is 12.3. The molecule has 0 radical (unpaired) electrons. The number of aliphatic hydroxyl groups is 1. The van der Waals surface area contributed by atoms with E-state index in [4.69, 9.17) is 5.53 Å². The zero-order valence-corrected chi connectivity index (χ0v) is 13.2. The van der Waals surface area contributed by atoms with E-state index in [0.717, 1.165) is 64.2 Å². The Morgan fingerprint density at radius 1 is 1.19 bits per heavy atom. The number of amides is 1. The molecular weight excluding hydrogens is 266 g/mol. The predicted molar refractivity (Wildman–Crippen MR) is 85.8 cm³/mol. The van der Waals surface area contributed by atoms with Gasteiger partial charge in [-0.1, -0.05) is 51.2 Å². The Hall–Kier alpha value is -1.32.